The fourth-order valence-corrected chi connectivity index (χ4v) is 2.12. The molecule has 0 aromatic carbocycles. The molecule has 2 N–H and O–H groups in total. The summed E-state index contributed by atoms with van der Waals surface area (Å²) in [5, 5.41) is 13.4. The Hall–Kier alpha value is -1.76. The number of aromatic amines is 1. The Labute approximate surface area is 103 Å². The van der Waals surface area contributed by atoms with Crippen LogP contribution >= 0.6 is 11.5 Å². The van der Waals surface area contributed by atoms with Crippen LogP contribution in [-0.4, -0.2) is 25.7 Å². The van der Waals surface area contributed by atoms with Gasteiger partial charge in [0.25, 0.3) is 5.91 Å². The largest absolute Gasteiger partial charge is 0.306 e. The molecule has 0 saturated carbocycles. The van der Waals surface area contributed by atoms with E-state index in [1.807, 2.05) is 13.8 Å². The van der Waals surface area contributed by atoms with Gasteiger partial charge in [-0.05, 0) is 24.4 Å². The average molecular weight is 251 g/mol. The standard InChI is InChI=1S/C10H13N5OS/c1-3-6-5-11-14-9(6)12-10(16)8-7(4-2)13-15-17-8/h5H,3-4H2,1-2H3,(H2,11,12,14,16). The van der Waals surface area contributed by atoms with Crippen LogP contribution in [0.25, 0.3) is 0 Å². The zero-order valence-corrected chi connectivity index (χ0v) is 10.5. The average Bonchev–Trinajstić information content (AvgIpc) is 2.96. The number of nitrogens with zero attached hydrogens (tertiary/aromatic N) is 3. The summed E-state index contributed by atoms with van der Waals surface area (Å²) in [6, 6.07) is 0. The van der Waals surface area contributed by atoms with E-state index in [2.05, 4.69) is 25.1 Å². The lowest BCUT2D eigenvalue weighted by Crippen LogP contribution is -2.13. The summed E-state index contributed by atoms with van der Waals surface area (Å²) in [7, 11) is 0. The van der Waals surface area contributed by atoms with Crippen molar-refractivity contribution in [1.29, 1.82) is 0 Å². The van der Waals surface area contributed by atoms with Crippen LogP contribution in [0.15, 0.2) is 6.20 Å². The highest BCUT2D eigenvalue weighted by atomic mass is 32.1. The number of hydrogen-bond donors (Lipinski definition) is 2. The van der Waals surface area contributed by atoms with E-state index in [0.29, 0.717) is 17.1 Å². The van der Waals surface area contributed by atoms with Crippen molar-refractivity contribution in [2.24, 2.45) is 0 Å². The zero-order valence-electron chi connectivity index (χ0n) is 9.65. The monoisotopic (exact) mass is 251 g/mol. The van der Waals surface area contributed by atoms with Crippen LogP contribution in [0.1, 0.15) is 34.8 Å². The van der Waals surface area contributed by atoms with Crippen molar-refractivity contribution in [3.63, 3.8) is 0 Å². The lowest BCUT2D eigenvalue weighted by molar-refractivity contribution is 0.102. The number of hydrogen-bond acceptors (Lipinski definition) is 5. The third kappa shape index (κ3) is 2.33. The van der Waals surface area contributed by atoms with Gasteiger partial charge in [0, 0.05) is 5.56 Å². The second kappa shape index (κ2) is 5.05. The normalized spacial score (nSPS) is 10.5. The molecule has 0 atom stereocenters. The number of aromatic nitrogens is 4. The Kier molecular flexibility index (Phi) is 3.48. The van der Waals surface area contributed by atoms with Crippen LogP contribution in [0.5, 0.6) is 0 Å². The maximum absolute atomic E-state index is 12.0. The summed E-state index contributed by atoms with van der Waals surface area (Å²) in [5.74, 6) is 0.462. The number of aryl methyl sites for hydroxylation is 2. The minimum Gasteiger partial charge on any atom is -0.306 e. The maximum atomic E-state index is 12.0. The van der Waals surface area contributed by atoms with Crippen LogP contribution in [0.4, 0.5) is 5.82 Å². The molecule has 2 aromatic heterocycles. The predicted molar refractivity (Wildman–Crippen MR) is 65.2 cm³/mol. The molecule has 6 nitrogen and oxygen atoms in total. The molecule has 17 heavy (non-hydrogen) atoms. The number of amides is 1. The van der Waals surface area contributed by atoms with Crippen molar-refractivity contribution in [2.45, 2.75) is 26.7 Å². The summed E-state index contributed by atoms with van der Waals surface area (Å²) in [6.07, 6.45) is 3.22. The third-order valence-electron chi connectivity index (χ3n) is 2.43. The minimum absolute atomic E-state index is 0.184. The Morgan fingerprint density at radius 1 is 1.47 bits per heavy atom. The van der Waals surface area contributed by atoms with Crippen molar-refractivity contribution >= 4 is 23.3 Å². The molecule has 0 aliphatic rings. The number of H-pyrrole nitrogens is 1. The van der Waals surface area contributed by atoms with Crippen LogP contribution in [0.2, 0.25) is 0 Å². The van der Waals surface area contributed by atoms with Gasteiger partial charge >= 0.3 is 0 Å². The highest BCUT2D eigenvalue weighted by Crippen LogP contribution is 2.16. The Morgan fingerprint density at radius 3 is 3.00 bits per heavy atom. The van der Waals surface area contributed by atoms with Crippen molar-refractivity contribution in [3.8, 4) is 0 Å². The van der Waals surface area contributed by atoms with E-state index in [9.17, 15) is 4.79 Å². The van der Waals surface area contributed by atoms with Gasteiger partial charge in [0.05, 0.1) is 11.9 Å². The summed E-state index contributed by atoms with van der Waals surface area (Å²) in [5.41, 5.74) is 1.71. The first-order valence-electron chi connectivity index (χ1n) is 5.41. The molecule has 0 aliphatic carbocycles. The first-order chi connectivity index (χ1) is 8.26. The number of rotatable bonds is 4. The van der Waals surface area contributed by atoms with Gasteiger partial charge in [-0.1, -0.05) is 18.3 Å². The second-order valence-corrected chi connectivity index (χ2v) is 4.23. The third-order valence-corrected chi connectivity index (χ3v) is 3.20. The fraction of sp³-hybridized carbons (Fsp3) is 0.400. The van der Waals surface area contributed by atoms with E-state index in [-0.39, 0.29) is 5.91 Å². The molecule has 0 spiro atoms. The van der Waals surface area contributed by atoms with Gasteiger partial charge in [-0.15, -0.1) is 5.10 Å². The highest BCUT2D eigenvalue weighted by molar-refractivity contribution is 7.08. The topological polar surface area (TPSA) is 83.6 Å². The Bertz CT molecular complexity index is 518. The molecule has 2 rings (SSSR count). The minimum atomic E-state index is -0.184. The quantitative estimate of drug-likeness (QED) is 0.865. The molecule has 0 radical (unpaired) electrons. The van der Waals surface area contributed by atoms with Gasteiger partial charge in [-0.25, -0.2) is 0 Å². The number of carbonyl (C=O) groups excluding carboxylic acids is 1. The summed E-state index contributed by atoms with van der Waals surface area (Å²) < 4.78 is 3.79. The Balaban J connectivity index is 2.17. The molecule has 0 saturated heterocycles. The molecule has 2 heterocycles. The smallest absolute Gasteiger partial charge is 0.270 e. The maximum Gasteiger partial charge on any atom is 0.270 e. The van der Waals surface area contributed by atoms with Crippen molar-refractivity contribution < 1.29 is 4.79 Å². The SMILES string of the molecule is CCc1cn[nH]c1NC(=O)c1snnc1CC. The van der Waals surface area contributed by atoms with Gasteiger partial charge in [0.1, 0.15) is 10.7 Å². The number of nitrogens with one attached hydrogen (secondary N) is 2. The van der Waals surface area contributed by atoms with Gasteiger partial charge in [-0.2, -0.15) is 5.10 Å². The van der Waals surface area contributed by atoms with E-state index < -0.39 is 0 Å². The van der Waals surface area contributed by atoms with Crippen molar-refractivity contribution in [1.82, 2.24) is 19.8 Å². The first kappa shape index (κ1) is 11.7. The molecule has 0 unspecified atom stereocenters. The van der Waals surface area contributed by atoms with E-state index in [4.69, 9.17) is 0 Å². The van der Waals surface area contributed by atoms with Gasteiger partial charge in [0.2, 0.25) is 0 Å². The molecule has 90 valence electrons. The summed E-state index contributed by atoms with van der Waals surface area (Å²) >= 11 is 1.11. The van der Waals surface area contributed by atoms with E-state index in [1.54, 1.807) is 6.20 Å². The molecular weight excluding hydrogens is 238 g/mol. The van der Waals surface area contributed by atoms with E-state index in [1.165, 1.54) is 0 Å². The van der Waals surface area contributed by atoms with Crippen LogP contribution in [0, 0.1) is 0 Å². The molecule has 0 fully saturated rings. The second-order valence-electron chi connectivity index (χ2n) is 3.48. The van der Waals surface area contributed by atoms with Gasteiger partial charge in [-0.3, -0.25) is 9.89 Å². The lowest BCUT2D eigenvalue weighted by Gasteiger charge is -2.03. The van der Waals surface area contributed by atoms with Gasteiger partial charge < -0.3 is 5.32 Å². The zero-order chi connectivity index (χ0) is 12.3. The predicted octanol–water partition coefficient (Wildman–Crippen LogP) is 1.64. The van der Waals surface area contributed by atoms with Crippen LogP contribution < -0.4 is 5.32 Å². The molecule has 0 aliphatic heterocycles. The molecule has 7 heteroatoms. The van der Waals surface area contributed by atoms with E-state index >= 15 is 0 Å². The summed E-state index contributed by atoms with van der Waals surface area (Å²) in [4.78, 5) is 12.6. The Morgan fingerprint density at radius 2 is 2.29 bits per heavy atom. The summed E-state index contributed by atoms with van der Waals surface area (Å²) in [6.45, 7) is 3.95. The molecule has 0 bridgehead atoms. The van der Waals surface area contributed by atoms with Crippen LogP contribution in [0.3, 0.4) is 0 Å². The van der Waals surface area contributed by atoms with Gasteiger partial charge in [0.15, 0.2) is 0 Å². The molecule has 1 amide bonds. The molecule has 2 aromatic rings. The lowest BCUT2D eigenvalue weighted by atomic mass is 10.2. The molecular formula is C10H13N5OS. The number of anilines is 1. The van der Waals surface area contributed by atoms with E-state index in [0.717, 1.165) is 29.2 Å². The number of carbonyl (C=O) groups is 1. The van der Waals surface area contributed by atoms with Crippen molar-refractivity contribution in [2.75, 3.05) is 5.32 Å². The van der Waals surface area contributed by atoms with Crippen LogP contribution in [-0.2, 0) is 12.8 Å². The fourth-order valence-electron chi connectivity index (χ4n) is 1.47. The van der Waals surface area contributed by atoms with Crippen molar-refractivity contribution in [3.05, 3.63) is 22.3 Å². The first-order valence-corrected chi connectivity index (χ1v) is 6.18. The highest BCUT2D eigenvalue weighted by Gasteiger charge is 2.16.